The summed E-state index contributed by atoms with van der Waals surface area (Å²) in [4.78, 5) is 11.6. The van der Waals surface area contributed by atoms with E-state index in [1.165, 1.54) is 0 Å². The monoisotopic (exact) mass is 244 g/mol. The molecule has 0 radical (unpaired) electrons. The fourth-order valence-electron chi connectivity index (χ4n) is 1.16. The first-order valence-corrected chi connectivity index (χ1v) is 5.90. The molecule has 7 heteroatoms. The number of anilines is 1. The second-order valence-corrected chi connectivity index (χ2v) is 4.42. The third kappa shape index (κ3) is 2.80. The molecule has 15 heavy (non-hydrogen) atoms. The SMILES string of the molecule is O=C(Nc1ccc(Cl)nn1)C1CSCN1. The first kappa shape index (κ1) is 10.7. The van der Waals surface area contributed by atoms with E-state index in [1.54, 1.807) is 23.9 Å². The number of hydrogen-bond acceptors (Lipinski definition) is 5. The molecule has 1 amide bonds. The molecular formula is C8H9ClN4OS. The molecule has 2 N–H and O–H groups in total. The van der Waals surface area contributed by atoms with E-state index in [0.29, 0.717) is 11.0 Å². The van der Waals surface area contributed by atoms with Gasteiger partial charge < -0.3 is 5.32 Å². The lowest BCUT2D eigenvalue weighted by atomic mass is 10.3. The summed E-state index contributed by atoms with van der Waals surface area (Å²) in [5, 5.41) is 13.4. The summed E-state index contributed by atoms with van der Waals surface area (Å²) in [5.74, 6) is 1.93. The minimum Gasteiger partial charge on any atom is -0.308 e. The van der Waals surface area contributed by atoms with E-state index in [9.17, 15) is 4.79 Å². The van der Waals surface area contributed by atoms with E-state index in [1.807, 2.05) is 0 Å². The molecule has 5 nitrogen and oxygen atoms in total. The largest absolute Gasteiger partial charge is 0.308 e. The van der Waals surface area contributed by atoms with Crippen LogP contribution in [0.3, 0.4) is 0 Å². The van der Waals surface area contributed by atoms with Crippen LogP contribution in [0, 0.1) is 0 Å². The van der Waals surface area contributed by atoms with Crippen LogP contribution in [0.1, 0.15) is 0 Å². The van der Waals surface area contributed by atoms with E-state index in [0.717, 1.165) is 11.6 Å². The Bertz CT molecular complexity index is 352. The van der Waals surface area contributed by atoms with Crippen molar-refractivity contribution < 1.29 is 4.79 Å². The zero-order chi connectivity index (χ0) is 10.7. The third-order valence-corrected chi connectivity index (χ3v) is 3.06. The molecular weight excluding hydrogens is 236 g/mol. The van der Waals surface area contributed by atoms with Crippen molar-refractivity contribution in [3.63, 3.8) is 0 Å². The lowest BCUT2D eigenvalue weighted by Crippen LogP contribution is -2.37. The van der Waals surface area contributed by atoms with Crippen molar-refractivity contribution in [2.45, 2.75) is 6.04 Å². The Balaban J connectivity index is 1.96. The van der Waals surface area contributed by atoms with E-state index in [2.05, 4.69) is 20.8 Å². The quantitative estimate of drug-likeness (QED) is 0.803. The molecule has 2 heterocycles. The molecule has 1 aromatic rings. The van der Waals surface area contributed by atoms with E-state index >= 15 is 0 Å². The summed E-state index contributed by atoms with van der Waals surface area (Å²) in [5.41, 5.74) is 0. The summed E-state index contributed by atoms with van der Waals surface area (Å²) in [6.45, 7) is 0. The minimum atomic E-state index is -0.146. The fraction of sp³-hybridized carbons (Fsp3) is 0.375. The van der Waals surface area contributed by atoms with Gasteiger partial charge in [0.25, 0.3) is 0 Å². The van der Waals surface area contributed by atoms with Crippen molar-refractivity contribution >= 4 is 35.1 Å². The number of amides is 1. The van der Waals surface area contributed by atoms with Gasteiger partial charge in [-0.05, 0) is 12.1 Å². The molecule has 0 spiro atoms. The number of thioether (sulfide) groups is 1. The van der Waals surface area contributed by atoms with Crippen molar-refractivity contribution in [2.75, 3.05) is 16.9 Å². The summed E-state index contributed by atoms with van der Waals surface area (Å²) < 4.78 is 0. The number of carbonyl (C=O) groups excluding carboxylic acids is 1. The minimum absolute atomic E-state index is 0.0865. The number of aromatic nitrogens is 2. The predicted molar refractivity (Wildman–Crippen MR) is 59.9 cm³/mol. The van der Waals surface area contributed by atoms with Crippen LogP contribution in [-0.4, -0.2) is 33.8 Å². The lowest BCUT2D eigenvalue weighted by Gasteiger charge is -2.08. The lowest BCUT2D eigenvalue weighted by molar-refractivity contribution is -0.117. The van der Waals surface area contributed by atoms with Crippen LogP contribution in [0.2, 0.25) is 5.15 Å². The normalized spacial score (nSPS) is 20.2. The molecule has 0 saturated carbocycles. The Kier molecular flexibility index (Phi) is 3.40. The van der Waals surface area contributed by atoms with Crippen molar-refractivity contribution in [1.82, 2.24) is 15.5 Å². The highest BCUT2D eigenvalue weighted by Crippen LogP contribution is 2.12. The highest BCUT2D eigenvalue weighted by atomic mass is 35.5. The van der Waals surface area contributed by atoms with Crippen LogP contribution in [0.5, 0.6) is 0 Å². The first-order chi connectivity index (χ1) is 7.25. The Morgan fingerprint density at radius 1 is 1.60 bits per heavy atom. The summed E-state index contributed by atoms with van der Waals surface area (Å²) >= 11 is 7.27. The average Bonchev–Trinajstić information content (AvgIpc) is 2.74. The highest BCUT2D eigenvalue weighted by Gasteiger charge is 2.22. The number of hydrogen-bond donors (Lipinski definition) is 2. The van der Waals surface area contributed by atoms with Gasteiger partial charge in [0.2, 0.25) is 5.91 Å². The summed E-state index contributed by atoms with van der Waals surface area (Å²) in [6.07, 6.45) is 0. The zero-order valence-electron chi connectivity index (χ0n) is 7.74. The molecule has 0 aromatic carbocycles. The topological polar surface area (TPSA) is 66.9 Å². The molecule has 1 aliphatic heterocycles. The molecule has 0 bridgehead atoms. The zero-order valence-corrected chi connectivity index (χ0v) is 9.31. The van der Waals surface area contributed by atoms with Gasteiger partial charge in [-0.25, -0.2) is 0 Å². The van der Waals surface area contributed by atoms with Crippen LogP contribution >= 0.6 is 23.4 Å². The maximum absolute atomic E-state index is 11.6. The van der Waals surface area contributed by atoms with Gasteiger partial charge in [0.05, 0.1) is 6.04 Å². The van der Waals surface area contributed by atoms with E-state index < -0.39 is 0 Å². The molecule has 1 atom stereocenters. The summed E-state index contributed by atoms with van der Waals surface area (Å²) in [6, 6.07) is 3.06. The van der Waals surface area contributed by atoms with Gasteiger partial charge in [-0.1, -0.05) is 11.6 Å². The number of carbonyl (C=O) groups is 1. The second kappa shape index (κ2) is 4.78. The van der Waals surface area contributed by atoms with Crippen LogP contribution in [-0.2, 0) is 4.79 Å². The number of halogens is 1. The summed E-state index contributed by atoms with van der Waals surface area (Å²) in [7, 11) is 0. The van der Waals surface area contributed by atoms with Crippen LogP contribution in [0.25, 0.3) is 0 Å². The molecule has 1 aromatic heterocycles. The highest BCUT2D eigenvalue weighted by molar-refractivity contribution is 7.99. The van der Waals surface area contributed by atoms with Crippen molar-refractivity contribution in [3.8, 4) is 0 Å². The van der Waals surface area contributed by atoms with Gasteiger partial charge >= 0.3 is 0 Å². The van der Waals surface area contributed by atoms with Crippen LogP contribution in [0.15, 0.2) is 12.1 Å². The fourth-order valence-corrected chi connectivity index (χ4v) is 2.20. The molecule has 2 rings (SSSR count). The Labute approximate surface area is 96.0 Å². The smallest absolute Gasteiger partial charge is 0.243 e. The van der Waals surface area contributed by atoms with Crippen molar-refractivity contribution in [1.29, 1.82) is 0 Å². The number of nitrogens with one attached hydrogen (secondary N) is 2. The van der Waals surface area contributed by atoms with E-state index in [4.69, 9.17) is 11.6 Å². The molecule has 1 fully saturated rings. The molecule has 0 aliphatic carbocycles. The molecule has 1 saturated heterocycles. The number of rotatable bonds is 2. The maximum Gasteiger partial charge on any atom is 0.243 e. The average molecular weight is 245 g/mol. The predicted octanol–water partition coefficient (Wildman–Crippen LogP) is 0.731. The number of nitrogens with zero attached hydrogens (tertiary/aromatic N) is 2. The van der Waals surface area contributed by atoms with Gasteiger partial charge in [0, 0.05) is 11.6 Å². The van der Waals surface area contributed by atoms with Gasteiger partial charge in [-0.3, -0.25) is 10.1 Å². The Morgan fingerprint density at radius 3 is 3.07 bits per heavy atom. The van der Waals surface area contributed by atoms with Gasteiger partial charge in [-0.2, -0.15) is 0 Å². The first-order valence-electron chi connectivity index (χ1n) is 4.37. The van der Waals surface area contributed by atoms with Crippen molar-refractivity contribution in [2.24, 2.45) is 0 Å². The molecule has 1 unspecified atom stereocenters. The van der Waals surface area contributed by atoms with Gasteiger partial charge in [-0.15, -0.1) is 22.0 Å². The van der Waals surface area contributed by atoms with Gasteiger partial charge in [0.15, 0.2) is 11.0 Å². The van der Waals surface area contributed by atoms with Gasteiger partial charge in [0.1, 0.15) is 0 Å². The Hall–Kier alpha value is -0.850. The maximum atomic E-state index is 11.6. The van der Waals surface area contributed by atoms with Crippen LogP contribution < -0.4 is 10.6 Å². The van der Waals surface area contributed by atoms with E-state index in [-0.39, 0.29) is 11.9 Å². The Morgan fingerprint density at radius 2 is 2.47 bits per heavy atom. The molecule has 1 aliphatic rings. The third-order valence-electron chi connectivity index (χ3n) is 1.92. The standard InChI is InChI=1S/C8H9ClN4OS/c9-6-1-2-7(13-12-6)11-8(14)5-3-15-4-10-5/h1-2,5,10H,3-4H2,(H,11,13,14). The molecule has 80 valence electrons. The van der Waals surface area contributed by atoms with Crippen molar-refractivity contribution in [3.05, 3.63) is 17.3 Å². The van der Waals surface area contributed by atoms with Crippen LogP contribution in [0.4, 0.5) is 5.82 Å². The second-order valence-electron chi connectivity index (χ2n) is 3.00.